The maximum Gasteiger partial charge on any atom is 0.416 e. The first-order valence-corrected chi connectivity index (χ1v) is 11.4. The molecule has 1 saturated carbocycles. The molecular weight excluding hydrogens is 501 g/mol. The van der Waals surface area contributed by atoms with Crippen LogP contribution in [0, 0.1) is 0 Å². The Morgan fingerprint density at radius 3 is 2.41 bits per heavy atom. The minimum atomic E-state index is -4.41. The van der Waals surface area contributed by atoms with Crippen molar-refractivity contribution in [1.29, 1.82) is 0 Å². The number of aliphatic hydroxyl groups is 1. The summed E-state index contributed by atoms with van der Waals surface area (Å²) in [6.07, 6.45) is 1.96. The van der Waals surface area contributed by atoms with E-state index in [2.05, 4.69) is 29.3 Å². The lowest BCUT2D eigenvalue weighted by molar-refractivity contribution is -0.137. The van der Waals surface area contributed by atoms with Crippen molar-refractivity contribution in [2.75, 3.05) is 6.61 Å². The van der Waals surface area contributed by atoms with E-state index in [0.29, 0.717) is 17.3 Å². The molecule has 1 fully saturated rings. The highest BCUT2D eigenvalue weighted by Crippen LogP contribution is 2.34. The third kappa shape index (κ3) is 5.71. The van der Waals surface area contributed by atoms with Gasteiger partial charge in [-0.15, -0.1) is 28.3 Å². The van der Waals surface area contributed by atoms with Gasteiger partial charge in [-0.1, -0.05) is 49.6 Å². The van der Waals surface area contributed by atoms with E-state index in [0.717, 1.165) is 23.4 Å². The molecule has 1 aromatic heterocycles. The second-order valence-corrected chi connectivity index (χ2v) is 8.73. The smallest absolute Gasteiger partial charge is 0.395 e. The van der Waals surface area contributed by atoms with E-state index in [-0.39, 0.29) is 29.3 Å². The van der Waals surface area contributed by atoms with Gasteiger partial charge >= 0.3 is 6.18 Å². The van der Waals surface area contributed by atoms with Crippen LogP contribution in [0.2, 0.25) is 0 Å². The Hall–Kier alpha value is -1.90. The lowest BCUT2D eigenvalue weighted by Crippen LogP contribution is -2.18. The number of thiazole rings is 1. The predicted molar refractivity (Wildman–Crippen MR) is 128 cm³/mol. The molecule has 0 bridgehead atoms. The topological polar surface area (TPSA) is 37.5 Å². The van der Waals surface area contributed by atoms with E-state index in [9.17, 15) is 18.3 Å². The molecule has 1 heterocycles. The van der Waals surface area contributed by atoms with Crippen molar-refractivity contribution in [2.45, 2.75) is 50.7 Å². The molecule has 1 aliphatic rings. The number of rotatable bonds is 5. The molecule has 0 spiro atoms. The summed E-state index contributed by atoms with van der Waals surface area (Å²) < 4.78 is 40.9. The summed E-state index contributed by atoms with van der Waals surface area (Å²) in [5.74, 6) is 0.626. The number of benzene rings is 2. The SMILES string of the molecule is Br.OCCn1c(-c2ccc(C3CCCCC3)cc2)csc1=Nc1cccc(C(F)(F)F)c1. The zero-order valence-electron chi connectivity index (χ0n) is 17.5. The molecule has 3 aromatic rings. The fourth-order valence-electron chi connectivity index (χ4n) is 4.19. The maximum absolute atomic E-state index is 13.0. The summed E-state index contributed by atoms with van der Waals surface area (Å²) >= 11 is 1.36. The first kappa shape index (κ1) is 24.7. The molecule has 2 aromatic carbocycles. The number of alkyl halides is 3. The van der Waals surface area contributed by atoms with Crippen molar-refractivity contribution in [3.8, 4) is 11.3 Å². The fraction of sp³-hybridized carbons (Fsp3) is 0.375. The highest BCUT2D eigenvalue weighted by Gasteiger charge is 2.30. The molecule has 0 radical (unpaired) electrons. The molecule has 0 amide bonds. The van der Waals surface area contributed by atoms with E-state index >= 15 is 0 Å². The standard InChI is InChI=1S/C24H25F3N2OS.BrH/c25-24(26,27)20-7-4-8-21(15-20)28-23-29(13-14-30)22(16-31-23)19-11-9-18(10-12-19)17-5-2-1-3-6-17;/h4,7-12,15-17,30H,1-3,5-6,13-14H2;1H. The van der Waals surface area contributed by atoms with Gasteiger partial charge in [0, 0.05) is 11.9 Å². The fourth-order valence-corrected chi connectivity index (χ4v) is 5.15. The Labute approximate surface area is 200 Å². The van der Waals surface area contributed by atoms with Gasteiger partial charge < -0.3 is 9.67 Å². The number of nitrogens with zero attached hydrogens (tertiary/aromatic N) is 2. The number of halogens is 4. The van der Waals surface area contributed by atoms with Crippen LogP contribution in [0.4, 0.5) is 18.9 Å². The number of aliphatic hydroxyl groups excluding tert-OH is 1. The van der Waals surface area contributed by atoms with Gasteiger partial charge in [0.1, 0.15) is 0 Å². The molecule has 4 rings (SSSR count). The number of hydrogen-bond donors (Lipinski definition) is 1. The Morgan fingerprint density at radius 1 is 1.03 bits per heavy atom. The molecule has 0 unspecified atom stereocenters. The molecule has 0 atom stereocenters. The van der Waals surface area contributed by atoms with Crippen molar-refractivity contribution in [3.05, 3.63) is 69.8 Å². The first-order valence-electron chi connectivity index (χ1n) is 10.6. The van der Waals surface area contributed by atoms with Gasteiger partial charge in [-0.25, -0.2) is 4.99 Å². The minimum absolute atomic E-state index is 0. The summed E-state index contributed by atoms with van der Waals surface area (Å²) in [6, 6.07) is 13.5. The maximum atomic E-state index is 13.0. The van der Waals surface area contributed by atoms with E-state index in [1.165, 1.54) is 55.1 Å². The Kier molecular flexibility index (Phi) is 8.36. The van der Waals surface area contributed by atoms with E-state index < -0.39 is 11.7 Å². The highest BCUT2D eigenvalue weighted by molar-refractivity contribution is 8.93. The van der Waals surface area contributed by atoms with Crippen LogP contribution in [0.5, 0.6) is 0 Å². The van der Waals surface area contributed by atoms with Gasteiger partial charge in [0.15, 0.2) is 4.80 Å². The molecule has 0 saturated heterocycles. The summed E-state index contributed by atoms with van der Waals surface area (Å²) in [6.45, 7) is 0.237. The van der Waals surface area contributed by atoms with E-state index in [1.807, 2.05) is 9.95 Å². The van der Waals surface area contributed by atoms with Crippen LogP contribution >= 0.6 is 28.3 Å². The molecule has 32 heavy (non-hydrogen) atoms. The van der Waals surface area contributed by atoms with Crippen molar-refractivity contribution in [2.24, 2.45) is 4.99 Å². The predicted octanol–water partition coefficient (Wildman–Crippen LogP) is 7.09. The van der Waals surface area contributed by atoms with Crippen molar-refractivity contribution in [3.63, 3.8) is 0 Å². The van der Waals surface area contributed by atoms with Crippen LogP contribution < -0.4 is 4.80 Å². The summed E-state index contributed by atoms with van der Waals surface area (Å²) in [4.78, 5) is 5.00. The molecule has 172 valence electrons. The largest absolute Gasteiger partial charge is 0.416 e. The van der Waals surface area contributed by atoms with Crippen molar-refractivity contribution >= 4 is 34.0 Å². The number of hydrogen-bond acceptors (Lipinski definition) is 3. The van der Waals surface area contributed by atoms with Crippen molar-refractivity contribution < 1.29 is 18.3 Å². The van der Waals surface area contributed by atoms with Crippen LogP contribution in [0.15, 0.2) is 58.9 Å². The van der Waals surface area contributed by atoms with Crippen LogP contribution in [0.3, 0.4) is 0 Å². The zero-order chi connectivity index (χ0) is 21.8. The van der Waals surface area contributed by atoms with Gasteiger partial charge in [0.25, 0.3) is 0 Å². The Morgan fingerprint density at radius 2 is 1.75 bits per heavy atom. The quantitative estimate of drug-likeness (QED) is 0.378. The monoisotopic (exact) mass is 526 g/mol. The van der Waals surface area contributed by atoms with E-state index in [4.69, 9.17) is 0 Å². The average molecular weight is 527 g/mol. The number of aromatic nitrogens is 1. The minimum Gasteiger partial charge on any atom is -0.395 e. The summed E-state index contributed by atoms with van der Waals surface area (Å²) in [7, 11) is 0. The van der Waals surface area contributed by atoms with Crippen LogP contribution in [-0.4, -0.2) is 16.3 Å². The van der Waals surface area contributed by atoms with Crippen LogP contribution in [0.25, 0.3) is 11.3 Å². The Balaban J connectivity index is 0.00000289. The third-order valence-electron chi connectivity index (χ3n) is 5.80. The normalized spacial score (nSPS) is 15.6. The highest BCUT2D eigenvalue weighted by atomic mass is 79.9. The van der Waals surface area contributed by atoms with Gasteiger partial charge in [0.2, 0.25) is 0 Å². The molecule has 3 nitrogen and oxygen atoms in total. The Bertz CT molecular complexity index is 1080. The van der Waals surface area contributed by atoms with Gasteiger partial charge in [-0.05, 0) is 48.1 Å². The van der Waals surface area contributed by atoms with Gasteiger partial charge in [0.05, 0.1) is 23.6 Å². The first-order chi connectivity index (χ1) is 15.0. The molecule has 1 N–H and O–H groups in total. The van der Waals surface area contributed by atoms with Crippen LogP contribution in [-0.2, 0) is 12.7 Å². The summed E-state index contributed by atoms with van der Waals surface area (Å²) in [5.41, 5.74) is 2.79. The van der Waals surface area contributed by atoms with Gasteiger partial charge in [-0.2, -0.15) is 13.2 Å². The second kappa shape index (κ2) is 10.8. The lowest BCUT2D eigenvalue weighted by Gasteiger charge is -2.22. The summed E-state index contributed by atoms with van der Waals surface area (Å²) in [5, 5.41) is 11.5. The third-order valence-corrected chi connectivity index (χ3v) is 6.67. The second-order valence-electron chi connectivity index (χ2n) is 7.90. The van der Waals surface area contributed by atoms with E-state index in [1.54, 1.807) is 6.07 Å². The molecule has 8 heteroatoms. The van der Waals surface area contributed by atoms with Crippen molar-refractivity contribution in [1.82, 2.24) is 4.57 Å². The zero-order valence-corrected chi connectivity index (χ0v) is 20.0. The molecule has 0 aliphatic heterocycles. The lowest BCUT2D eigenvalue weighted by atomic mass is 9.84. The average Bonchev–Trinajstić information content (AvgIpc) is 3.16. The molecule has 1 aliphatic carbocycles. The molecular formula is C24H26BrF3N2OS. The van der Waals surface area contributed by atoms with Crippen LogP contribution in [0.1, 0.15) is 49.1 Å². The van der Waals surface area contributed by atoms with Gasteiger partial charge in [-0.3, -0.25) is 0 Å².